The van der Waals surface area contributed by atoms with Gasteiger partial charge in [0.2, 0.25) is 0 Å². The summed E-state index contributed by atoms with van der Waals surface area (Å²) >= 11 is 0. The monoisotopic (exact) mass is 230 g/mol. The van der Waals surface area contributed by atoms with Gasteiger partial charge in [-0.15, -0.1) is 0 Å². The van der Waals surface area contributed by atoms with Crippen LogP contribution < -0.4 is 5.32 Å². The number of aryl methyl sites for hydroxylation is 2. The first-order valence-electron chi connectivity index (χ1n) is 5.97. The molecule has 0 bridgehead atoms. The summed E-state index contributed by atoms with van der Waals surface area (Å²) in [4.78, 5) is 8.32. The minimum absolute atomic E-state index is 0.965. The maximum atomic E-state index is 4.30. The van der Waals surface area contributed by atoms with Gasteiger partial charge >= 0.3 is 0 Å². The maximum absolute atomic E-state index is 4.30. The van der Waals surface area contributed by atoms with Crippen molar-refractivity contribution < 1.29 is 0 Å². The summed E-state index contributed by atoms with van der Waals surface area (Å²) in [6, 6.07) is 4.03. The fourth-order valence-corrected chi connectivity index (χ4v) is 1.72. The Morgan fingerprint density at radius 3 is 3.00 bits per heavy atom. The van der Waals surface area contributed by atoms with E-state index in [1.807, 2.05) is 31.0 Å². The smallest absolute Gasteiger partial charge is 0.128 e. The van der Waals surface area contributed by atoms with Gasteiger partial charge in [0, 0.05) is 31.7 Å². The molecule has 0 fully saturated rings. The number of aromatic nitrogens is 3. The van der Waals surface area contributed by atoms with Crippen molar-refractivity contribution in [3.8, 4) is 0 Å². The number of rotatable bonds is 6. The molecule has 0 amide bonds. The third-order valence-corrected chi connectivity index (χ3v) is 2.70. The predicted molar refractivity (Wildman–Crippen MR) is 68.9 cm³/mol. The molecular formula is C13H18N4. The fourth-order valence-electron chi connectivity index (χ4n) is 1.72. The van der Waals surface area contributed by atoms with Crippen molar-refractivity contribution in [1.82, 2.24) is 14.5 Å². The molecule has 0 atom stereocenters. The number of anilines is 1. The number of pyridine rings is 1. The topological polar surface area (TPSA) is 42.7 Å². The first-order chi connectivity index (χ1) is 8.36. The molecule has 0 aliphatic heterocycles. The van der Waals surface area contributed by atoms with Crippen LogP contribution >= 0.6 is 0 Å². The highest BCUT2D eigenvalue weighted by Gasteiger charge is 1.96. The van der Waals surface area contributed by atoms with Gasteiger partial charge in [0.1, 0.15) is 5.82 Å². The van der Waals surface area contributed by atoms with E-state index in [-0.39, 0.29) is 0 Å². The Labute approximate surface area is 102 Å². The lowest BCUT2D eigenvalue weighted by Gasteiger charge is -2.07. The van der Waals surface area contributed by atoms with Crippen LogP contribution in [0.2, 0.25) is 0 Å². The average Bonchev–Trinajstić information content (AvgIpc) is 2.84. The third kappa shape index (κ3) is 3.59. The van der Waals surface area contributed by atoms with E-state index in [9.17, 15) is 0 Å². The van der Waals surface area contributed by atoms with Crippen molar-refractivity contribution in [3.63, 3.8) is 0 Å². The SMILES string of the molecule is Cc1cccnc1NCCCCn1ccnc1. The average molecular weight is 230 g/mol. The molecule has 2 heterocycles. The van der Waals surface area contributed by atoms with Crippen LogP contribution in [0.1, 0.15) is 18.4 Å². The summed E-state index contributed by atoms with van der Waals surface area (Å²) in [6.45, 7) is 4.07. The lowest BCUT2D eigenvalue weighted by molar-refractivity contribution is 0.620. The van der Waals surface area contributed by atoms with Gasteiger partial charge in [-0.2, -0.15) is 0 Å². The van der Waals surface area contributed by atoms with Gasteiger partial charge in [-0.3, -0.25) is 0 Å². The van der Waals surface area contributed by atoms with Gasteiger partial charge in [0.15, 0.2) is 0 Å². The van der Waals surface area contributed by atoms with E-state index in [1.165, 1.54) is 5.56 Å². The van der Waals surface area contributed by atoms with E-state index >= 15 is 0 Å². The summed E-state index contributed by atoms with van der Waals surface area (Å²) < 4.78 is 2.10. The van der Waals surface area contributed by atoms with Crippen LogP contribution in [0.15, 0.2) is 37.1 Å². The molecule has 0 aliphatic carbocycles. The van der Waals surface area contributed by atoms with Gasteiger partial charge < -0.3 is 9.88 Å². The Kier molecular flexibility index (Phi) is 4.13. The Balaban J connectivity index is 1.65. The molecule has 0 saturated heterocycles. The van der Waals surface area contributed by atoms with Crippen molar-refractivity contribution in [2.24, 2.45) is 0 Å². The first kappa shape index (κ1) is 11.6. The highest BCUT2D eigenvalue weighted by atomic mass is 15.0. The van der Waals surface area contributed by atoms with Crippen LogP contribution in [0.25, 0.3) is 0 Å². The van der Waals surface area contributed by atoms with Gasteiger partial charge in [-0.05, 0) is 31.4 Å². The quantitative estimate of drug-likeness (QED) is 0.775. The number of hydrogen-bond donors (Lipinski definition) is 1. The van der Waals surface area contributed by atoms with Crippen molar-refractivity contribution in [2.75, 3.05) is 11.9 Å². The van der Waals surface area contributed by atoms with Gasteiger partial charge in [0.05, 0.1) is 6.33 Å². The molecule has 0 aliphatic rings. The molecule has 4 heteroatoms. The van der Waals surface area contributed by atoms with E-state index < -0.39 is 0 Å². The molecule has 0 aromatic carbocycles. The van der Waals surface area contributed by atoms with E-state index in [1.54, 1.807) is 0 Å². The summed E-state index contributed by atoms with van der Waals surface area (Å²) in [5.74, 6) is 0.995. The first-order valence-corrected chi connectivity index (χ1v) is 5.97. The number of hydrogen-bond acceptors (Lipinski definition) is 3. The minimum Gasteiger partial charge on any atom is -0.370 e. The molecule has 2 aromatic heterocycles. The van der Waals surface area contributed by atoms with Crippen molar-refractivity contribution >= 4 is 5.82 Å². The maximum Gasteiger partial charge on any atom is 0.128 e. The normalized spacial score (nSPS) is 10.4. The summed E-state index contributed by atoms with van der Waals surface area (Å²) in [7, 11) is 0. The third-order valence-electron chi connectivity index (χ3n) is 2.70. The highest BCUT2D eigenvalue weighted by molar-refractivity contribution is 5.42. The van der Waals surface area contributed by atoms with Gasteiger partial charge in [-0.1, -0.05) is 6.07 Å². The van der Waals surface area contributed by atoms with Gasteiger partial charge in [-0.25, -0.2) is 9.97 Å². The molecule has 90 valence electrons. The van der Waals surface area contributed by atoms with Crippen LogP contribution in [-0.2, 0) is 6.54 Å². The summed E-state index contributed by atoms with van der Waals surface area (Å²) in [6.07, 6.45) is 9.77. The molecular weight excluding hydrogens is 212 g/mol. The number of nitrogens with zero attached hydrogens (tertiary/aromatic N) is 3. The Hall–Kier alpha value is -1.84. The minimum atomic E-state index is 0.965. The van der Waals surface area contributed by atoms with E-state index in [4.69, 9.17) is 0 Å². The van der Waals surface area contributed by atoms with Crippen molar-refractivity contribution in [1.29, 1.82) is 0 Å². The highest BCUT2D eigenvalue weighted by Crippen LogP contribution is 2.09. The number of nitrogens with one attached hydrogen (secondary N) is 1. The van der Waals surface area contributed by atoms with Gasteiger partial charge in [0.25, 0.3) is 0 Å². The molecule has 1 N–H and O–H groups in total. The lowest BCUT2D eigenvalue weighted by atomic mass is 10.2. The van der Waals surface area contributed by atoms with Crippen LogP contribution in [0.4, 0.5) is 5.82 Å². The van der Waals surface area contributed by atoms with Crippen LogP contribution in [0.5, 0.6) is 0 Å². The molecule has 0 unspecified atom stereocenters. The molecule has 2 rings (SSSR count). The van der Waals surface area contributed by atoms with Crippen LogP contribution in [-0.4, -0.2) is 21.1 Å². The van der Waals surface area contributed by atoms with E-state index in [0.717, 1.165) is 31.7 Å². The Morgan fingerprint density at radius 1 is 1.29 bits per heavy atom. The number of unbranched alkanes of at least 4 members (excludes halogenated alkanes) is 1. The Morgan fingerprint density at radius 2 is 2.24 bits per heavy atom. The second kappa shape index (κ2) is 6.03. The fraction of sp³-hybridized carbons (Fsp3) is 0.385. The standard InChI is InChI=1S/C13H18N4/c1-12-5-4-7-16-13(12)15-6-2-3-9-17-10-8-14-11-17/h4-5,7-8,10-11H,2-3,6,9H2,1H3,(H,15,16). The lowest BCUT2D eigenvalue weighted by Crippen LogP contribution is -2.06. The zero-order valence-corrected chi connectivity index (χ0v) is 10.1. The van der Waals surface area contributed by atoms with Crippen LogP contribution in [0, 0.1) is 6.92 Å². The summed E-state index contributed by atoms with van der Waals surface area (Å²) in [5, 5.41) is 3.36. The summed E-state index contributed by atoms with van der Waals surface area (Å²) in [5.41, 5.74) is 1.20. The van der Waals surface area contributed by atoms with Crippen LogP contribution in [0.3, 0.4) is 0 Å². The second-order valence-corrected chi connectivity index (χ2v) is 4.10. The molecule has 0 saturated carbocycles. The van der Waals surface area contributed by atoms with Crippen molar-refractivity contribution in [2.45, 2.75) is 26.3 Å². The van der Waals surface area contributed by atoms with Crippen molar-refractivity contribution in [3.05, 3.63) is 42.6 Å². The molecule has 4 nitrogen and oxygen atoms in total. The molecule has 2 aromatic rings. The Bertz CT molecular complexity index is 436. The van der Waals surface area contributed by atoms with E-state index in [2.05, 4.69) is 32.8 Å². The van der Waals surface area contributed by atoms with E-state index in [0.29, 0.717) is 0 Å². The molecule has 17 heavy (non-hydrogen) atoms. The zero-order valence-electron chi connectivity index (χ0n) is 10.1. The number of imidazole rings is 1. The second-order valence-electron chi connectivity index (χ2n) is 4.10. The zero-order chi connectivity index (χ0) is 11.9. The predicted octanol–water partition coefficient (Wildman–Crippen LogP) is 2.48. The molecule has 0 spiro atoms. The largest absolute Gasteiger partial charge is 0.370 e. The molecule has 0 radical (unpaired) electrons.